The van der Waals surface area contributed by atoms with Crippen LogP contribution < -0.4 is 11.1 Å². The average Bonchev–Trinajstić information content (AvgIpc) is 3.25. The minimum Gasteiger partial charge on any atom is -0.391 e. The lowest BCUT2D eigenvalue weighted by Gasteiger charge is -2.25. The molecule has 9 heteroatoms. The highest BCUT2D eigenvalue weighted by Gasteiger charge is 2.27. The molecule has 8 nitrogen and oxygen atoms in total. The van der Waals surface area contributed by atoms with E-state index >= 15 is 0 Å². The Bertz CT molecular complexity index is 926. The van der Waals surface area contributed by atoms with Gasteiger partial charge in [0.15, 0.2) is 0 Å². The molecule has 0 saturated heterocycles. The number of amides is 1. The number of hydrogen-bond donors (Lipinski definition) is 4. The Kier molecular flexibility index (Phi) is 48.5. The molecule has 1 unspecified atom stereocenters. The SMILES string of the molecule is CCCCCCCCCCCCCCCCCCCCCCCCCCCC(=O)N[C@@H](COP(=O)(O)OCCN)[C@H](O)CCCCCCCCCCCCCCCCCCC. The van der Waals surface area contributed by atoms with Gasteiger partial charge in [-0.25, -0.2) is 4.57 Å². The van der Waals surface area contributed by atoms with E-state index < -0.39 is 20.0 Å². The zero-order valence-electron chi connectivity index (χ0n) is 40.9. The van der Waals surface area contributed by atoms with Crippen LogP contribution in [0.2, 0.25) is 0 Å². The number of aliphatic hydroxyl groups excluding tert-OH is 1. The van der Waals surface area contributed by atoms with Gasteiger partial charge in [-0.05, 0) is 12.8 Å². The van der Waals surface area contributed by atoms with E-state index in [2.05, 4.69) is 19.2 Å². The molecule has 0 aliphatic rings. The van der Waals surface area contributed by atoms with Crippen LogP contribution in [0.1, 0.15) is 296 Å². The largest absolute Gasteiger partial charge is 0.472 e. The molecule has 3 atom stereocenters. The molecule has 0 aliphatic heterocycles. The van der Waals surface area contributed by atoms with Crippen molar-refractivity contribution in [2.45, 2.75) is 309 Å². The van der Waals surface area contributed by atoms with E-state index in [1.54, 1.807) is 0 Å². The summed E-state index contributed by atoms with van der Waals surface area (Å²) in [6.07, 6.45) is 55.6. The summed E-state index contributed by atoms with van der Waals surface area (Å²) in [5.74, 6) is -0.153. The van der Waals surface area contributed by atoms with Crippen LogP contribution in [0.15, 0.2) is 0 Å². The fraction of sp³-hybridized carbons (Fsp3) is 0.981. The number of phosphoric acid groups is 1. The van der Waals surface area contributed by atoms with Crippen molar-refractivity contribution < 1.29 is 28.4 Å². The lowest BCUT2D eigenvalue weighted by atomic mass is 10.0. The Morgan fingerprint density at radius 3 is 1.05 bits per heavy atom. The molecule has 0 saturated carbocycles. The summed E-state index contributed by atoms with van der Waals surface area (Å²) in [4.78, 5) is 22.9. The van der Waals surface area contributed by atoms with E-state index in [0.29, 0.717) is 12.8 Å². The van der Waals surface area contributed by atoms with Crippen LogP contribution in [0.25, 0.3) is 0 Å². The smallest absolute Gasteiger partial charge is 0.391 e. The van der Waals surface area contributed by atoms with Crippen molar-refractivity contribution in [2.24, 2.45) is 5.73 Å². The van der Waals surface area contributed by atoms with Gasteiger partial charge in [0.25, 0.3) is 0 Å². The normalized spacial score (nSPS) is 13.7. The van der Waals surface area contributed by atoms with Crippen LogP contribution in [-0.4, -0.2) is 47.8 Å². The molecule has 0 radical (unpaired) electrons. The molecule has 5 N–H and O–H groups in total. The fourth-order valence-corrected chi connectivity index (χ4v) is 9.37. The average molecular weight is 887 g/mol. The van der Waals surface area contributed by atoms with Crippen LogP contribution in [0.4, 0.5) is 0 Å². The first kappa shape index (κ1) is 60.5. The van der Waals surface area contributed by atoms with Crippen molar-refractivity contribution >= 4 is 13.7 Å². The number of nitrogens with one attached hydrogen (secondary N) is 1. The third-order valence-electron chi connectivity index (χ3n) is 12.7. The second-order valence-corrected chi connectivity index (χ2v) is 20.3. The van der Waals surface area contributed by atoms with Crippen LogP contribution in [0, 0.1) is 0 Å². The van der Waals surface area contributed by atoms with Crippen LogP contribution in [0.5, 0.6) is 0 Å². The molecule has 0 aliphatic carbocycles. The van der Waals surface area contributed by atoms with Gasteiger partial charge in [0, 0.05) is 13.0 Å². The first-order valence-electron chi connectivity index (χ1n) is 27.2. The Hall–Kier alpha value is -0.500. The molecule has 0 aromatic rings. The summed E-state index contributed by atoms with van der Waals surface area (Å²) in [7, 11) is -4.32. The quantitative estimate of drug-likeness (QED) is 0.0353. The van der Waals surface area contributed by atoms with Gasteiger partial charge in [0.05, 0.1) is 25.4 Å². The second kappa shape index (κ2) is 48.9. The van der Waals surface area contributed by atoms with E-state index in [4.69, 9.17) is 14.8 Å². The topological polar surface area (TPSA) is 131 Å². The molecule has 0 rings (SSSR count). The molecule has 1 amide bonds. The molecule has 61 heavy (non-hydrogen) atoms. The summed E-state index contributed by atoms with van der Waals surface area (Å²) in [6.45, 7) is 4.27. The zero-order valence-corrected chi connectivity index (χ0v) is 41.8. The van der Waals surface area contributed by atoms with E-state index in [9.17, 15) is 19.4 Å². The summed E-state index contributed by atoms with van der Waals surface area (Å²) in [5.41, 5.74) is 5.40. The second-order valence-electron chi connectivity index (χ2n) is 18.8. The molecular formula is C52H107N2O6P. The summed E-state index contributed by atoms with van der Waals surface area (Å²) >= 11 is 0. The van der Waals surface area contributed by atoms with Gasteiger partial charge in [0.1, 0.15) is 0 Å². The Labute approximate surface area is 380 Å². The van der Waals surface area contributed by atoms with E-state index in [0.717, 1.165) is 38.5 Å². The highest BCUT2D eigenvalue weighted by Crippen LogP contribution is 2.43. The van der Waals surface area contributed by atoms with Crippen LogP contribution in [0.3, 0.4) is 0 Å². The van der Waals surface area contributed by atoms with E-state index in [-0.39, 0.29) is 25.7 Å². The molecule has 366 valence electrons. The number of rotatable bonds is 52. The predicted molar refractivity (Wildman–Crippen MR) is 263 cm³/mol. The summed E-state index contributed by atoms with van der Waals surface area (Å²) in [5, 5.41) is 13.9. The third kappa shape index (κ3) is 47.3. The highest BCUT2D eigenvalue weighted by molar-refractivity contribution is 7.47. The highest BCUT2D eigenvalue weighted by atomic mass is 31.2. The number of nitrogens with two attached hydrogens (primary N) is 1. The number of hydrogen-bond acceptors (Lipinski definition) is 6. The van der Waals surface area contributed by atoms with Crippen LogP contribution >= 0.6 is 7.82 Å². The fourth-order valence-electron chi connectivity index (χ4n) is 8.61. The Balaban J connectivity index is 3.93. The lowest BCUT2D eigenvalue weighted by Crippen LogP contribution is -2.46. The molecule has 0 aromatic heterocycles. The Morgan fingerprint density at radius 1 is 0.475 bits per heavy atom. The minimum atomic E-state index is -4.32. The Morgan fingerprint density at radius 2 is 0.754 bits per heavy atom. The maximum absolute atomic E-state index is 12.9. The molecule has 0 fully saturated rings. The monoisotopic (exact) mass is 887 g/mol. The molecular weight excluding hydrogens is 780 g/mol. The van der Waals surface area contributed by atoms with Crippen molar-refractivity contribution in [3.63, 3.8) is 0 Å². The molecule has 0 spiro atoms. The number of unbranched alkanes of at least 4 members (excludes halogenated alkanes) is 40. The van der Waals surface area contributed by atoms with Crippen molar-refractivity contribution in [1.29, 1.82) is 0 Å². The van der Waals surface area contributed by atoms with Gasteiger partial charge < -0.3 is 21.1 Å². The summed E-state index contributed by atoms with van der Waals surface area (Å²) in [6, 6.07) is -0.769. The van der Waals surface area contributed by atoms with Gasteiger partial charge in [-0.15, -0.1) is 0 Å². The zero-order chi connectivity index (χ0) is 44.6. The van der Waals surface area contributed by atoms with Gasteiger partial charge in [-0.3, -0.25) is 13.8 Å². The van der Waals surface area contributed by atoms with Gasteiger partial charge >= 0.3 is 7.82 Å². The van der Waals surface area contributed by atoms with Crippen LogP contribution in [-0.2, 0) is 18.4 Å². The van der Waals surface area contributed by atoms with Gasteiger partial charge in [0.2, 0.25) is 5.91 Å². The first-order valence-corrected chi connectivity index (χ1v) is 28.6. The maximum Gasteiger partial charge on any atom is 0.472 e. The minimum absolute atomic E-state index is 0.0929. The standard InChI is InChI=1S/C52H107N2O6P/c1-3-5-7-9-11-13-15-17-19-21-22-23-24-25-26-27-28-30-32-34-36-38-40-42-44-46-52(56)54-50(49-60-61(57,58)59-48-47-53)51(55)45-43-41-39-37-35-33-31-29-20-18-16-14-12-10-8-6-4-2/h50-51,55H,3-49,53H2,1-2H3,(H,54,56)(H,57,58)/t50-,51+/m0/s1. The van der Waals surface area contributed by atoms with Crippen molar-refractivity contribution in [2.75, 3.05) is 19.8 Å². The first-order chi connectivity index (χ1) is 29.9. The number of phosphoric ester groups is 1. The lowest BCUT2D eigenvalue weighted by molar-refractivity contribution is -0.123. The number of aliphatic hydroxyl groups is 1. The van der Waals surface area contributed by atoms with E-state index in [1.165, 1.54) is 231 Å². The number of carbonyl (C=O) groups is 1. The molecule has 0 heterocycles. The molecule has 0 aromatic carbocycles. The number of carbonyl (C=O) groups excluding carboxylic acids is 1. The summed E-state index contributed by atoms with van der Waals surface area (Å²) < 4.78 is 22.3. The van der Waals surface area contributed by atoms with E-state index in [1.807, 2.05) is 0 Å². The molecule has 0 bridgehead atoms. The van der Waals surface area contributed by atoms with Crippen molar-refractivity contribution in [1.82, 2.24) is 5.32 Å². The maximum atomic E-state index is 12.9. The predicted octanol–water partition coefficient (Wildman–Crippen LogP) is 16.1. The van der Waals surface area contributed by atoms with Crippen molar-refractivity contribution in [3.05, 3.63) is 0 Å². The third-order valence-corrected chi connectivity index (χ3v) is 13.7. The van der Waals surface area contributed by atoms with Gasteiger partial charge in [-0.1, -0.05) is 277 Å². The van der Waals surface area contributed by atoms with Gasteiger partial charge in [-0.2, -0.15) is 0 Å². The van der Waals surface area contributed by atoms with Crippen molar-refractivity contribution in [3.8, 4) is 0 Å².